The van der Waals surface area contributed by atoms with Crippen LogP contribution in [0.4, 0.5) is 5.69 Å². The van der Waals surface area contributed by atoms with Crippen LogP contribution in [0.3, 0.4) is 0 Å². The average molecular weight is 318 g/mol. The molecule has 1 aliphatic heterocycles. The van der Waals surface area contributed by atoms with Crippen LogP contribution in [0.2, 0.25) is 0 Å². The van der Waals surface area contributed by atoms with Gasteiger partial charge >= 0.3 is 0 Å². The predicted octanol–water partition coefficient (Wildman–Crippen LogP) is 2.97. The van der Waals surface area contributed by atoms with Crippen LogP contribution in [0.1, 0.15) is 50.4 Å². The second kappa shape index (κ2) is 7.59. The van der Waals surface area contributed by atoms with Crippen molar-refractivity contribution in [2.45, 2.75) is 46.1 Å². The quantitative estimate of drug-likeness (QED) is 0.877. The molecule has 0 spiro atoms. The Morgan fingerprint density at radius 3 is 2.65 bits per heavy atom. The van der Waals surface area contributed by atoms with Crippen LogP contribution in [0.15, 0.2) is 24.3 Å². The summed E-state index contributed by atoms with van der Waals surface area (Å²) in [7, 11) is 0. The van der Waals surface area contributed by atoms with Crippen molar-refractivity contribution in [3.05, 3.63) is 29.8 Å². The van der Waals surface area contributed by atoms with Crippen LogP contribution < -0.4 is 10.6 Å². The van der Waals surface area contributed by atoms with E-state index in [1.54, 1.807) is 18.2 Å². The van der Waals surface area contributed by atoms with Gasteiger partial charge in [-0.3, -0.25) is 9.59 Å². The largest absolute Gasteiger partial charge is 0.376 e. The molecule has 23 heavy (non-hydrogen) atoms. The molecule has 1 aromatic rings. The van der Waals surface area contributed by atoms with Gasteiger partial charge < -0.3 is 15.4 Å². The van der Waals surface area contributed by atoms with E-state index in [2.05, 4.69) is 10.6 Å². The molecule has 0 aromatic heterocycles. The van der Waals surface area contributed by atoms with Gasteiger partial charge in [0.05, 0.1) is 17.4 Å². The predicted molar refractivity (Wildman–Crippen MR) is 90.5 cm³/mol. The van der Waals surface area contributed by atoms with E-state index in [0.717, 1.165) is 19.4 Å². The van der Waals surface area contributed by atoms with Gasteiger partial charge in [0.25, 0.3) is 5.91 Å². The summed E-state index contributed by atoms with van der Waals surface area (Å²) in [6.07, 6.45) is 2.52. The van der Waals surface area contributed by atoms with E-state index < -0.39 is 0 Å². The summed E-state index contributed by atoms with van der Waals surface area (Å²) in [4.78, 5) is 24.5. The molecule has 2 amide bonds. The van der Waals surface area contributed by atoms with Crippen LogP contribution in [-0.2, 0) is 9.53 Å². The zero-order valence-corrected chi connectivity index (χ0v) is 14.1. The van der Waals surface area contributed by atoms with Gasteiger partial charge in [-0.25, -0.2) is 0 Å². The van der Waals surface area contributed by atoms with Crippen molar-refractivity contribution >= 4 is 17.5 Å². The number of ether oxygens (including phenoxy) is 1. The van der Waals surface area contributed by atoms with Gasteiger partial charge in [-0.05, 0) is 30.4 Å². The van der Waals surface area contributed by atoms with Crippen molar-refractivity contribution in [1.82, 2.24) is 5.32 Å². The Morgan fingerprint density at radius 2 is 2.00 bits per heavy atom. The van der Waals surface area contributed by atoms with E-state index >= 15 is 0 Å². The number of para-hydroxylation sites is 1. The molecule has 1 saturated heterocycles. The molecule has 0 unspecified atom stereocenters. The molecule has 1 heterocycles. The number of hydrogen-bond acceptors (Lipinski definition) is 3. The van der Waals surface area contributed by atoms with Crippen LogP contribution in [0.5, 0.6) is 0 Å². The summed E-state index contributed by atoms with van der Waals surface area (Å²) in [5, 5.41) is 5.73. The Balaban J connectivity index is 1.98. The highest BCUT2D eigenvalue weighted by Crippen LogP contribution is 2.21. The Morgan fingerprint density at radius 1 is 1.26 bits per heavy atom. The molecule has 5 heteroatoms. The number of rotatable bonds is 5. The summed E-state index contributed by atoms with van der Waals surface area (Å²) >= 11 is 0. The fraction of sp³-hybridized carbons (Fsp3) is 0.556. The molecule has 1 aromatic carbocycles. The Bertz CT molecular complexity index is 558. The Hall–Kier alpha value is -1.88. The third-order valence-electron chi connectivity index (χ3n) is 3.65. The number of benzene rings is 1. The lowest BCUT2D eigenvalue weighted by atomic mass is 9.92. The second-order valence-corrected chi connectivity index (χ2v) is 7.18. The van der Waals surface area contributed by atoms with E-state index in [1.807, 2.05) is 26.8 Å². The highest BCUT2D eigenvalue weighted by Gasteiger charge is 2.20. The molecule has 126 valence electrons. The van der Waals surface area contributed by atoms with E-state index in [9.17, 15) is 9.59 Å². The van der Waals surface area contributed by atoms with Gasteiger partial charge in [0, 0.05) is 19.6 Å². The zero-order chi connectivity index (χ0) is 16.9. The standard InChI is InChI=1S/C18H26N2O3/c1-18(2,3)11-16(21)20-15-9-5-4-8-14(15)17(22)19-12-13-7-6-10-23-13/h4-5,8-9,13H,6-7,10-12H2,1-3H3,(H,19,22)(H,20,21)/t13-/m1/s1. The summed E-state index contributed by atoms with van der Waals surface area (Å²) in [6, 6.07) is 7.07. The lowest BCUT2D eigenvalue weighted by Crippen LogP contribution is -2.32. The fourth-order valence-electron chi connectivity index (χ4n) is 2.57. The van der Waals surface area contributed by atoms with E-state index in [1.165, 1.54) is 0 Å². The molecule has 1 fully saturated rings. The molecule has 0 bridgehead atoms. The first-order valence-corrected chi connectivity index (χ1v) is 8.14. The van der Waals surface area contributed by atoms with Gasteiger partial charge in [-0.15, -0.1) is 0 Å². The van der Waals surface area contributed by atoms with Crippen molar-refractivity contribution in [3.63, 3.8) is 0 Å². The minimum atomic E-state index is -0.188. The summed E-state index contributed by atoms with van der Waals surface area (Å²) in [5.41, 5.74) is 0.931. The fourth-order valence-corrected chi connectivity index (χ4v) is 2.57. The molecule has 1 aliphatic rings. The number of nitrogens with one attached hydrogen (secondary N) is 2. The highest BCUT2D eigenvalue weighted by molar-refractivity contribution is 6.03. The van der Waals surface area contributed by atoms with Gasteiger partial charge in [0.1, 0.15) is 0 Å². The summed E-state index contributed by atoms with van der Waals surface area (Å²) in [6.45, 7) is 7.29. The van der Waals surface area contributed by atoms with Crippen molar-refractivity contribution in [1.29, 1.82) is 0 Å². The number of hydrogen-bond donors (Lipinski definition) is 2. The molecular formula is C18H26N2O3. The van der Waals surface area contributed by atoms with E-state index in [0.29, 0.717) is 24.2 Å². The summed E-state index contributed by atoms with van der Waals surface area (Å²) < 4.78 is 5.50. The molecule has 5 nitrogen and oxygen atoms in total. The minimum absolute atomic E-state index is 0.0862. The van der Waals surface area contributed by atoms with Crippen molar-refractivity contribution in [2.75, 3.05) is 18.5 Å². The monoisotopic (exact) mass is 318 g/mol. The second-order valence-electron chi connectivity index (χ2n) is 7.18. The zero-order valence-electron chi connectivity index (χ0n) is 14.1. The maximum atomic E-state index is 12.4. The lowest BCUT2D eigenvalue weighted by molar-refractivity contribution is -0.117. The molecule has 0 saturated carbocycles. The van der Waals surface area contributed by atoms with Crippen molar-refractivity contribution in [2.24, 2.45) is 5.41 Å². The minimum Gasteiger partial charge on any atom is -0.376 e. The average Bonchev–Trinajstić information content (AvgIpc) is 2.96. The SMILES string of the molecule is CC(C)(C)CC(=O)Nc1ccccc1C(=O)NC[C@H]1CCCO1. The smallest absolute Gasteiger partial charge is 0.253 e. The van der Waals surface area contributed by atoms with Crippen LogP contribution in [0, 0.1) is 5.41 Å². The van der Waals surface area contributed by atoms with Gasteiger partial charge in [-0.1, -0.05) is 32.9 Å². The van der Waals surface area contributed by atoms with Crippen molar-refractivity contribution < 1.29 is 14.3 Å². The van der Waals surface area contributed by atoms with Crippen LogP contribution in [0.25, 0.3) is 0 Å². The van der Waals surface area contributed by atoms with Crippen molar-refractivity contribution in [3.8, 4) is 0 Å². The molecule has 1 atom stereocenters. The number of amides is 2. The van der Waals surface area contributed by atoms with Gasteiger partial charge in [0.15, 0.2) is 0 Å². The molecule has 0 aliphatic carbocycles. The Labute approximate surface area is 137 Å². The Kier molecular flexibility index (Phi) is 5.77. The third-order valence-corrected chi connectivity index (χ3v) is 3.65. The van der Waals surface area contributed by atoms with E-state index in [-0.39, 0.29) is 23.3 Å². The first-order chi connectivity index (χ1) is 10.8. The van der Waals surface area contributed by atoms with Gasteiger partial charge in [-0.2, -0.15) is 0 Å². The number of carbonyl (C=O) groups is 2. The van der Waals surface area contributed by atoms with Gasteiger partial charge in [0.2, 0.25) is 5.91 Å². The maximum Gasteiger partial charge on any atom is 0.253 e. The number of anilines is 1. The normalized spacial score (nSPS) is 17.8. The molecule has 2 N–H and O–H groups in total. The highest BCUT2D eigenvalue weighted by atomic mass is 16.5. The van der Waals surface area contributed by atoms with E-state index in [4.69, 9.17) is 4.74 Å². The first kappa shape index (κ1) is 17.5. The molecular weight excluding hydrogens is 292 g/mol. The summed E-state index contributed by atoms with van der Waals surface area (Å²) in [5.74, 6) is -0.274. The maximum absolute atomic E-state index is 12.4. The molecule has 2 rings (SSSR count). The van der Waals surface area contributed by atoms with Crippen LogP contribution >= 0.6 is 0 Å². The molecule has 0 radical (unpaired) electrons. The first-order valence-electron chi connectivity index (χ1n) is 8.14. The lowest BCUT2D eigenvalue weighted by Gasteiger charge is -2.18. The van der Waals surface area contributed by atoms with Crippen LogP contribution in [-0.4, -0.2) is 31.1 Å². The topological polar surface area (TPSA) is 67.4 Å². The number of carbonyl (C=O) groups excluding carboxylic acids is 2. The third kappa shape index (κ3) is 5.67.